The van der Waals surface area contributed by atoms with E-state index in [1.165, 1.54) is 0 Å². The summed E-state index contributed by atoms with van der Waals surface area (Å²) in [4.78, 5) is 30.1. The Morgan fingerprint density at radius 2 is 2.14 bits per heavy atom. The summed E-state index contributed by atoms with van der Waals surface area (Å²) in [5, 5.41) is 6.14. The van der Waals surface area contributed by atoms with E-state index < -0.39 is 0 Å². The largest absolute Gasteiger partial charge is 0.370 e. The third-order valence-electron chi connectivity index (χ3n) is 4.49. The predicted molar refractivity (Wildman–Crippen MR) is 127 cm³/mol. The zero-order valence-corrected chi connectivity index (χ0v) is 20.2. The number of carbonyl (C=O) groups is 2. The average Bonchev–Trinajstić information content (AvgIpc) is 2.61. The van der Waals surface area contributed by atoms with Crippen LogP contribution in [0.2, 0.25) is 0 Å². The van der Waals surface area contributed by atoms with Gasteiger partial charge in [0.05, 0.1) is 0 Å². The van der Waals surface area contributed by atoms with Crippen LogP contribution in [0.3, 0.4) is 0 Å². The first-order chi connectivity index (χ1) is 12.9. The van der Waals surface area contributed by atoms with Gasteiger partial charge in [0.1, 0.15) is 6.54 Å². The third kappa shape index (κ3) is 7.94. The highest BCUT2D eigenvalue weighted by Gasteiger charge is 2.23. The van der Waals surface area contributed by atoms with E-state index in [0.717, 1.165) is 41.7 Å². The fourth-order valence-electron chi connectivity index (χ4n) is 3.20. The summed E-state index contributed by atoms with van der Waals surface area (Å²) in [5.41, 5.74) is 7.10. The number of amides is 2. The molecule has 0 aromatic heterocycles. The van der Waals surface area contributed by atoms with Gasteiger partial charge in [-0.1, -0.05) is 22.0 Å². The number of primary amides is 1. The van der Waals surface area contributed by atoms with Crippen molar-refractivity contribution < 1.29 is 9.59 Å². The van der Waals surface area contributed by atoms with E-state index in [1.807, 2.05) is 32.0 Å². The zero-order chi connectivity index (χ0) is 19.8. The molecule has 156 valence electrons. The second-order valence-corrected chi connectivity index (χ2v) is 7.72. The molecule has 2 amide bonds. The number of halogens is 2. The Balaban J connectivity index is 0.00000392. The summed E-state index contributed by atoms with van der Waals surface area (Å²) in [6.07, 6.45) is 2.35. The lowest BCUT2D eigenvalue weighted by Gasteiger charge is -2.34. The molecular formula is C19H29BrIN5O2. The summed E-state index contributed by atoms with van der Waals surface area (Å²) in [6.45, 7) is 6.26. The molecular weight excluding hydrogens is 537 g/mol. The molecule has 1 fully saturated rings. The number of anilines is 1. The van der Waals surface area contributed by atoms with Gasteiger partial charge in [-0.2, -0.15) is 0 Å². The molecule has 1 unspecified atom stereocenters. The molecule has 1 saturated heterocycles. The van der Waals surface area contributed by atoms with Crippen molar-refractivity contribution in [2.45, 2.75) is 33.1 Å². The van der Waals surface area contributed by atoms with Crippen LogP contribution in [-0.2, 0) is 9.59 Å². The molecule has 4 N–H and O–H groups in total. The number of hydrogen-bond donors (Lipinski definition) is 3. The topological polar surface area (TPSA) is 99.8 Å². The van der Waals surface area contributed by atoms with E-state index >= 15 is 0 Å². The number of aryl methyl sites for hydroxylation is 1. The minimum absolute atomic E-state index is 0. The highest BCUT2D eigenvalue weighted by atomic mass is 127. The second-order valence-electron chi connectivity index (χ2n) is 6.80. The van der Waals surface area contributed by atoms with Gasteiger partial charge in [-0.3, -0.25) is 9.59 Å². The van der Waals surface area contributed by atoms with Gasteiger partial charge in [0, 0.05) is 36.2 Å². The van der Waals surface area contributed by atoms with E-state index in [4.69, 9.17) is 5.73 Å². The van der Waals surface area contributed by atoms with Crippen molar-refractivity contribution in [1.82, 2.24) is 10.2 Å². The number of guanidine groups is 1. The average molecular weight is 566 g/mol. The van der Waals surface area contributed by atoms with Gasteiger partial charge < -0.3 is 21.3 Å². The van der Waals surface area contributed by atoms with Crippen molar-refractivity contribution >= 4 is 63.4 Å². The molecule has 1 aliphatic heterocycles. The number of rotatable bonds is 6. The Morgan fingerprint density at radius 1 is 1.39 bits per heavy atom. The molecule has 1 atom stereocenters. The number of benzene rings is 1. The number of aliphatic imine (C=N–C) groups is 1. The molecule has 1 aliphatic rings. The first-order valence-corrected chi connectivity index (χ1v) is 10.1. The van der Waals surface area contributed by atoms with Crippen molar-refractivity contribution in [2.75, 3.05) is 31.5 Å². The molecule has 0 bridgehead atoms. The van der Waals surface area contributed by atoms with Crippen LogP contribution in [0.5, 0.6) is 0 Å². The molecule has 28 heavy (non-hydrogen) atoms. The molecule has 9 heteroatoms. The van der Waals surface area contributed by atoms with Gasteiger partial charge in [-0.25, -0.2) is 4.99 Å². The summed E-state index contributed by atoms with van der Waals surface area (Å²) in [7, 11) is 0. The maximum Gasteiger partial charge on any atom is 0.246 e. The van der Waals surface area contributed by atoms with Crippen molar-refractivity contribution in [1.29, 1.82) is 0 Å². The van der Waals surface area contributed by atoms with Crippen LogP contribution in [0.25, 0.3) is 0 Å². The van der Waals surface area contributed by atoms with Crippen LogP contribution in [0, 0.1) is 12.8 Å². The Morgan fingerprint density at radius 3 is 2.82 bits per heavy atom. The fourth-order valence-corrected chi connectivity index (χ4v) is 3.56. The van der Waals surface area contributed by atoms with Crippen molar-refractivity contribution in [2.24, 2.45) is 16.6 Å². The van der Waals surface area contributed by atoms with E-state index in [0.29, 0.717) is 18.9 Å². The lowest BCUT2D eigenvalue weighted by molar-refractivity contribution is -0.119. The van der Waals surface area contributed by atoms with Gasteiger partial charge in [-0.15, -0.1) is 24.0 Å². The summed E-state index contributed by atoms with van der Waals surface area (Å²) in [5.74, 6) is 0.496. The lowest BCUT2D eigenvalue weighted by atomic mass is 9.95. The molecule has 1 heterocycles. The smallest absolute Gasteiger partial charge is 0.246 e. The molecule has 0 aliphatic carbocycles. The van der Waals surface area contributed by atoms with Crippen molar-refractivity contribution in [3.05, 3.63) is 28.2 Å². The normalized spacial score (nSPS) is 16.9. The van der Waals surface area contributed by atoms with E-state index in [9.17, 15) is 9.59 Å². The van der Waals surface area contributed by atoms with E-state index in [2.05, 4.69) is 36.5 Å². The third-order valence-corrected chi connectivity index (χ3v) is 4.98. The van der Waals surface area contributed by atoms with E-state index in [1.54, 1.807) is 0 Å². The summed E-state index contributed by atoms with van der Waals surface area (Å²) in [6, 6.07) is 5.76. The minimum atomic E-state index is -0.271. The van der Waals surface area contributed by atoms with Gasteiger partial charge >= 0.3 is 0 Å². The van der Waals surface area contributed by atoms with Crippen LogP contribution in [-0.4, -0.2) is 48.9 Å². The Hall–Kier alpha value is -1.36. The van der Waals surface area contributed by atoms with Crippen molar-refractivity contribution in [3.8, 4) is 0 Å². The number of nitrogens with zero attached hydrogens (tertiary/aromatic N) is 2. The van der Waals surface area contributed by atoms with Crippen LogP contribution in [0.1, 0.15) is 31.7 Å². The summed E-state index contributed by atoms with van der Waals surface area (Å²) < 4.78 is 0.911. The molecule has 0 saturated carbocycles. The number of piperidine rings is 1. The summed E-state index contributed by atoms with van der Waals surface area (Å²) >= 11 is 3.42. The van der Waals surface area contributed by atoms with Gasteiger partial charge in [0.15, 0.2) is 5.96 Å². The quantitative estimate of drug-likeness (QED) is 0.280. The van der Waals surface area contributed by atoms with Crippen LogP contribution < -0.4 is 16.4 Å². The molecule has 0 radical (unpaired) electrons. The molecule has 2 rings (SSSR count). The molecule has 7 nitrogen and oxygen atoms in total. The maximum atomic E-state index is 12.3. The first kappa shape index (κ1) is 24.7. The van der Waals surface area contributed by atoms with Crippen LogP contribution in [0.4, 0.5) is 5.69 Å². The monoisotopic (exact) mass is 565 g/mol. The fraction of sp³-hybridized carbons (Fsp3) is 0.526. The lowest BCUT2D eigenvalue weighted by Crippen LogP contribution is -2.47. The second kappa shape index (κ2) is 12.3. The van der Waals surface area contributed by atoms with Crippen LogP contribution >= 0.6 is 39.9 Å². The number of likely N-dealkylation sites (tertiary alicyclic amines) is 1. The Kier molecular flexibility index (Phi) is 10.8. The highest BCUT2D eigenvalue weighted by Crippen LogP contribution is 2.21. The minimum Gasteiger partial charge on any atom is -0.370 e. The Labute approximate surface area is 192 Å². The van der Waals surface area contributed by atoms with Crippen molar-refractivity contribution in [3.63, 3.8) is 0 Å². The maximum absolute atomic E-state index is 12.3. The van der Waals surface area contributed by atoms with E-state index in [-0.39, 0.29) is 48.3 Å². The predicted octanol–water partition coefficient (Wildman–Crippen LogP) is 2.87. The van der Waals surface area contributed by atoms with Crippen LogP contribution in [0.15, 0.2) is 27.7 Å². The SMILES string of the molecule is CCNC(=NCC(=O)Nc1cc(Br)ccc1C)N1CCCC(CC(N)=O)C1.I. The molecule has 0 spiro atoms. The number of nitrogens with two attached hydrogens (primary N) is 1. The van der Waals surface area contributed by atoms with Gasteiger partial charge in [0.2, 0.25) is 11.8 Å². The Bertz CT molecular complexity index is 714. The number of hydrogen-bond acceptors (Lipinski definition) is 3. The molecule has 1 aromatic rings. The van der Waals surface area contributed by atoms with Gasteiger partial charge in [-0.05, 0) is 50.3 Å². The number of carbonyl (C=O) groups excluding carboxylic acids is 2. The first-order valence-electron chi connectivity index (χ1n) is 9.26. The molecule has 1 aromatic carbocycles. The van der Waals surface area contributed by atoms with Gasteiger partial charge in [0.25, 0.3) is 0 Å². The highest BCUT2D eigenvalue weighted by molar-refractivity contribution is 14.0. The zero-order valence-electron chi connectivity index (χ0n) is 16.3. The number of nitrogens with one attached hydrogen (secondary N) is 2. The standard InChI is InChI=1S/C19H28BrN5O2.HI/c1-3-22-19(25-8-4-5-14(12-25)9-17(21)26)23-11-18(27)24-16-10-15(20)7-6-13(16)2;/h6-7,10,14H,3-5,8-9,11-12H2,1-2H3,(H2,21,26)(H,22,23)(H,24,27);1H.